The summed E-state index contributed by atoms with van der Waals surface area (Å²) in [6, 6.07) is 4.75. The van der Waals surface area contributed by atoms with Gasteiger partial charge in [0.25, 0.3) is 5.91 Å². The van der Waals surface area contributed by atoms with Gasteiger partial charge in [0.05, 0.1) is 0 Å². The van der Waals surface area contributed by atoms with Crippen LogP contribution in [0.4, 0.5) is 4.39 Å². The first-order valence-electron chi connectivity index (χ1n) is 7.91. The second kappa shape index (κ2) is 7.86. The molecule has 2 aliphatic rings. The van der Waals surface area contributed by atoms with Gasteiger partial charge in [0.1, 0.15) is 5.82 Å². The quantitative estimate of drug-likeness (QED) is 0.899. The molecule has 2 heterocycles. The number of carbonyl (C=O) groups is 1. The van der Waals surface area contributed by atoms with Gasteiger partial charge in [0, 0.05) is 31.0 Å². The molecule has 2 aliphatic heterocycles. The molecule has 0 saturated carbocycles. The molecule has 3 nitrogen and oxygen atoms in total. The third-order valence-electron chi connectivity index (χ3n) is 5.04. The Kier molecular flexibility index (Phi) is 6.34. The maximum atomic E-state index is 13.7. The van der Waals surface area contributed by atoms with E-state index in [9.17, 15) is 9.18 Å². The van der Waals surface area contributed by atoms with E-state index in [1.54, 1.807) is 23.9 Å². The number of carbonyl (C=O) groups excluding carboxylic acids is 1. The van der Waals surface area contributed by atoms with E-state index in [1.807, 2.05) is 11.2 Å². The molecule has 1 N–H and O–H groups in total. The van der Waals surface area contributed by atoms with Gasteiger partial charge < -0.3 is 10.2 Å². The molecule has 2 fully saturated rings. The Morgan fingerprint density at radius 1 is 1.35 bits per heavy atom. The van der Waals surface area contributed by atoms with Gasteiger partial charge >= 0.3 is 0 Å². The lowest BCUT2D eigenvalue weighted by Crippen LogP contribution is -2.44. The molecule has 1 aromatic rings. The average molecular weight is 359 g/mol. The van der Waals surface area contributed by atoms with Crippen LogP contribution in [0, 0.1) is 11.2 Å². The Bertz CT molecular complexity index is 554. The number of rotatable bonds is 3. The van der Waals surface area contributed by atoms with Crippen LogP contribution in [0.3, 0.4) is 0 Å². The Morgan fingerprint density at radius 3 is 2.70 bits per heavy atom. The SMILES string of the molecule is CSCc1cc(C(=O)N2CCC3(CCNC3)CC2)ccc1F.Cl. The van der Waals surface area contributed by atoms with Crippen LogP contribution < -0.4 is 5.32 Å². The van der Waals surface area contributed by atoms with Gasteiger partial charge in [0.15, 0.2) is 0 Å². The standard InChI is InChI=1S/C17H23FN2OS.ClH/c1-22-11-14-10-13(2-3-15(14)18)16(21)20-8-5-17(6-9-20)4-7-19-12-17;/h2-3,10,19H,4-9,11-12H2,1H3;1H. The minimum atomic E-state index is -0.222. The third kappa shape index (κ3) is 4.01. The predicted molar refractivity (Wildman–Crippen MR) is 95.9 cm³/mol. The zero-order chi connectivity index (χ0) is 15.6. The van der Waals surface area contributed by atoms with Crippen molar-refractivity contribution in [3.63, 3.8) is 0 Å². The van der Waals surface area contributed by atoms with Crippen molar-refractivity contribution < 1.29 is 9.18 Å². The van der Waals surface area contributed by atoms with E-state index < -0.39 is 0 Å². The first kappa shape index (κ1) is 18.6. The van der Waals surface area contributed by atoms with Crippen LogP contribution in [0.1, 0.15) is 35.2 Å². The molecule has 1 aromatic carbocycles. The van der Waals surface area contributed by atoms with Crippen LogP contribution in [0.25, 0.3) is 0 Å². The smallest absolute Gasteiger partial charge is 0.253 e. The van der Waals surface area contributed by atoms with Crippen molar-refractivity contribution in [2.75, 3.05) is 32.4 Å². The van der Waals surface area contributed by atoms with E-state index >= 15 is 0 Å². The van der Waals surface area contributed by atoms with Crippen molar-refractivity contribution in [1.82, 2.24) is 10.2 Å². The zero-order valence-corrected chi connectivity index (χ0v) is 15.1. The van der Waals surface area contributed by atoms with Crippen molar-refractivity contribution in [3.8, 4) is 0 Å². The summed E-state index contributed by atoms with van der Waals surface area (Å²) in [7, 11) is 0. The van der Waals surface area contributed by atoms with E-state index in [0.717, 1.165) is 39.0 Å². The van der Waals surface area contributed by atoms with Crippen LogP contribution in [-0.4, -0.2) is 43.2 Å². The Hall–Kier alpha value is -0.780. The van der Waals surface area contributed by atoms with Crippen molar-refractivity contribution in [3.05, 3.63) is 35.1 Å². The number of nitrogens with zero attached hydrogens (tertiary/aromatic N) is 1. The number of thioether (sulfide) groups is 1. The molecular formula is C17H24ClFN2OS. The second-order valence-corrected chi connectivity index (χ2v) is 7.32. The van der Waals surface area contributed by atoms with E-state index in [4.69, 9.17) is 0 Å². The first-order valence-corrected chi connectivity index (χ1v) is 9.30. The normalized spacial score (nSPS) is 19.7. The first-order chi connectivity index (χ1) is 10.6. The molecule has 0 radical (unpaired) electrons. The molecule has 6 heteroatoms. The number of amides is 1. The van der Waals surface area contributed by atoms with E-state index in [2.05, 4.69) is 5.32 Å². The number of piperidine rings is 1. The van der Waals surface area contributed by atoms with E-state index in [-0.39, 0.29) is 24.1 Å². The molecule has 128 valence electrons. The topological polar surface area (TPSA) is 32.3 Å². The summed E-state index contributed by atoms with van der Waals surface area (Å²) in [5.41, 5.74) is 1.64. The molecule has 0 aliphatic carbocycles. The van der Waals surface area contributed by atoms with Gasteiger partial charge in [0.2, 0.25) is 0 Å². The summed E-state index contributed by atoms with van der Waals surface area (Å²) in [5, 5.41) is 3.44. The average Bonchev–Trinajstić information content (AvgIpc) is 2.98. The molecule has 0 bridgehead atoms. The highest BCUT2D eigenvalue weighted by molar-refractivity contribution is 7.97. The minimum absolute atomic E-state index is 0. The second-order valence-electron chi connectivity index (χ2n) is 6.46. The Labute approximate surface area is 147 Å². The molecule has 23 heavy (non-hydrogen) atoms. The van der Waals surface area contributed by atoms with Crippen LogP contribution in [0.15, 0.2) is 18.2 Å². The molecule has 1 amide bonds. The summed E-state index contributed by atoms with van der Waals surface area (Å²) in [6.07, 6.45) is 5.31. The summed E-state index contributed by atoms with van der Waals surface area (Å²) >= 11 is 1.57. The van der Waals surface area contributed by atoms with Crippen molar-refractivity contribution >= 4 is 30.1 Å². The highest BCUT2D eigenvalue weighted by Gasteiger charge is 2.38. The Morgan fingerprint density at radius 2 is 2.09 bits per heavy atom. The van der Waals surface area contributed by atoms with Gasteiger partial charge in [-0.1, -0.05) is 0 Å². The highest BCUT2D eigenvalue weighted by atomic mass is 35.5. The fourth-order valence-corrected chi connectivity index (χ4v) is 4.10. The largest absolute Gasteiger partial charge is 0.339 e. The lowest BCUT2D eigenvalue weighted by atomic mass is 9.78. The van der Waals surface area contributed by atoms with Crippen molar-refractivity contribution in [2.45, 2.75) is 25.0 Å². The van der Waals surface area contributed by atoms with Gasteiger partial charge in [-0.15, -0.1) is 12.4 Å². The summed E-state index contributed by atoms with van der Waals surface area (Å²) < 4.78 is 13.7. The molecule has 0 unspecified atom stereocenters. The minimum Gasteiger partial charge on any atom is -0.339 e. The van der Waals surface area contributed by atoms with Crippen LogP contribution in [-0.2, 0) is 5.75 Å². The highest BCUT2D eigenvalue weighted by Crippen LogP contribution is 2.37. The molecule has 0 atom stereocenters. The van der Waals surface area contributed by atoms with E-state index in [0.29, 0.717) is 22.3 Å². The number of benzene rings is 1. The molecule has 0 aromatic heterocycles. The summed E-state index contributed by atoms with van der Waals surface area (Å²) in [6.45, 7) is 3.82. The van der Waals surface area contributed by atoms with E-state index in [1.165, 1.54) is 12.5 Å². The predicted octanol–water partition coefficient (Wildman–Crippen LogP) is 3.33. The number of halogens is 2. The zero-order valence-electron chi connectivity index (χ0n) is 13.4. The number of hydrogen-bond donors (Lipinski definition) is 1. The van der Waals surface area contributed by atoms with Crippen LogP contribution >= 0.6 is 24.2 Å². The van der Waals surface area contributed by atoms with Crippen molar-refractivity contribution in [2.24, 2.45) is 5.41 Å². The van der Waals surface area contributed by atoms with Gasteiger partial charge in [-0.2, -0.15) is 11.8 Å². The van der Waals surface area contributed by atoms with Crippen LogP contribution in [0.2, 0.25) is 0 Å². The number of hydrogen-bond acceptors (Lipinski definition) is 3. The Balaban J connectivity index is 0.00000192. The lowest BCUT2D eigenvalue weighted by Gasteiger charge is -2.39. The fraction of sp³-hybridized carbons (Fsp3) is 0.588. The molecule has 1 spiro atoms. The summed E-state index contributed by atoms with van der Waals surface area (Å²) in [5.74, 6) is 0.422. The van der Waals surface area contributed by atoms with Gasteiger partial charge in [-0.05, 0) is 61.2 Å². The monoisotopic (exact) mass is 358 g/mol. The molecule has 3 rings (SSSR count). The lowest BCUT2D eigenvalue weighted by molar-refractivity contribution is 0.0607. The van der Waals surface area contributed by atoms with Crippen molar-refractivity contribution in [1.29, 1.82) is 0 Å². The van der Waals surface area contributed by atoms with Gasteiger partial charge in [-0.25, -0.2) is 4.39 Å². The number of likely N-dealkylation sites (tertiary alicyclic amines) is 1. The maximum absolute atomic E-state index is 13.7. The van der Waals surface area contributed by atoms with Gasteiger partial charge in [-0.3, -0.25) is 4.79 Å². The third-order valence-corrected chi connectivity index (χ3v) is 5.64. The molecule has 2 saturated heterocycles. The maximum Gasteiger partial charge on any atom is 0.253 e. The fourth-order valence-electron chi connectivity index (χ4n) is 3.56. The van der Waals surface area contributed by atoms with Crippen LogP contribution in [0.5, 0.6) is 0 Å². The molecular weight excluding hydrogens is 335 g/mol. The summed E-state index contributed by atoms with van der Waals surface area (Å²) in [4.78, 5) is 14.6. The number of nitrogens with one attached hydrogen (secondary N) is 1.